The quantitative estimate of drug-likeness (QED) is 0.616. The van der Waals surface area contributed by atoms with Gasteiger partial charge in [0.05, 0.1) is 0 Å². The Labute approximate surface area is 95.5 Å². The summed E-state index contributed by atoms with van der Waals surface area (Å²) in [6.45, 7) is 0.709. The van der Waals surface area contributed by atoms with Crippen LogP contribution in [0, 0.1) is 0 Å². The van der Waals surface area contributed by atoms with Crippen LogP contribution in [0.4, 0.5) is 0 Å². The van der Waals surface area contributed by atoms with Crippen LogP contribution in [-0.2, 0) is 4.79 Å². The van der Waals surface area contributed by atoms with Crippen molar-refractivity contribution in [2.75, 3.05) is 13.2 Å². The molecule has 0 radical (unpaired) electrons. The molecule has 4 nitrogen and oxygen atoms in total. The summed E-state index contributed by atoms with van der Waals surface area (Å²) in [4.78, 5) is 11.6. The van der Waals surface area contributed by atoms with Gasteiger partial charge >= 0.3 is 0 Å². The molecule has 0 unspecified atom stereocenters. The molecule has 0 aromatic heterocycles. The highest BCUT2D eigenvalue weighted by molar-refractivity contribution is 5.82. The van der Waals surface area contributed by atoms with Crippen LogP contribution < -0.4 is 11.1 Å². The Morgan fingerprint density at radius 3 is 2.62 bits per heavy atom. The lowest BCUT2D eigenvalue weighted by molar-refractivity contribution is -0.122. The number of unbranched alkanes of at least 4 members (excludes halogenated alkanes) is 1. The number of nitrogens with two attached hydrogens (primary N) is 1. The van der Waals surface area contributed by atoms with Crippen molar-refractivity contribution in [2.24, 2.45) is 5.73 Å². The first-order valence-electron chi connectivity index (χ1n) is 5.45. The topological polar surface area (TPSA) is 75.4 Å². The van der Waals surface area contributed by atoms with E-state index in [9.17, 15) is 4.79 Å². The lowest BCUT2D eigenvalue weighted by atomic mass is 10.1. The third-order valence-electron chi connectivity index (χ3n) is 2.33. The molecule has 4 heteroatoms. The Morgan fingerprint density at radius 2 is 2.00 bits per heavy atom. The second kappa shape index (κ2) is 6.98. The van der Waals surface area contributed by atoms with Gasteiger partial charge in [0.2, 0.25) is 5.91 Å². The number of carbonyl (C=O) groups excluding carboxylic acids is 1. The number of benzene rings is 1. The van der Waals surface area contributed by atoms with E-state index < -0.39 is 6.04 Å². The molecule has 1 aromatic rings. The zero-order valence-corrected chi connectivity index (χ0v) is 9.23. The van der Waals surface area contributed by atoms with Crippen LogP contribution in [0.5, 0.6) is 0 Å². The number of hydrogen-bond donors (Lipinski definition) is 3. The van der Waals surface area contributed by atoms with Crippen LogP contribution in [0.15, 0.2) is 30.3 Å². The molecule has 88 valence electrons. The van der Waals surface area contributed by atoms with Gasteiger partial charge in [-0.3, -0.25) is 4.79 Å². The van der Waals surface area contributed by atoms with E-state index in [4.69, 9.17) is 10.8 Å². The van der Waals surface area contributed by atoms with Crippen molar-refractivity contribution < 1.29 is 9.90 Å². The molecule has 1 aromatic carbocycles. The van der Waals surface area contributed by atoms with Crippen LogP contribution >= 0.6 is 0 Å². The first-order valence-corrected chi connectivity index (χ1v) is 5.45. The van der Waals surface area contributed by atoms with Crippen LogP contribution in [0.3, 0.4) is 0 Å². The number of nitrogens with one attached hydrogen (secondary N) is 1. The van der Waals surface area contributed by atoms with Crippen molar-refractivity contribution in [3.63, 3.8) is 0 Å². The second-order valence-electron chi connectivity index (χ2n) is 3.61. The molecule has 0 saturated carbocycles. The maximum Gasteiger partial charge on any atom is 0.241 e. The average molecular weight is 222 g/mol. The smallest absolute Gasteiger partial charge is 0.241 e. The van der Waals surface area contributed by atoms with E-state index in [0.717, 1.165) is 12.0 Å². The second-order valence-corrected chi connectivity index (χ2v) is 3.61. The summed E-state index contributed by atoms with van der Waals surface area (Å²) < 4.78 is 0. The molecule has 4 N–H and O–H groups in total. The third kappa shape index (κ3) is 4.00. The molecule has 0 fully saturated rings. The molecular weight excluding hydrogens is 204 g/mol. The number of carbonyl (C=O) groups is 1. The van der Waals surface area contributed by atoms with Gasteiger partial charge in [0, 0.05) is 13.2 Å². The molecule has 1 amide bonds. The van der Waals surface area contributed by atoms with Crippen LogP contribution in [0.1, 0.15) is 24.4 Å². The molecule has 0 bridgehead atoms. The molecule has 0 aliphatic carbocycles. The van der Waals surface area contributed by atoms with E-state index in [1.54, 1.807) is 0 Å². The standard InChI is InChI=1S/C12H18N2O2/c13-11(10-6-2-1-3-7-10)12(16)14-8-4-5-9-15/h1-3,6-7,11,15H,4-5,8-9,13H2,(H,14,16)/t11-/m0/s1. The summed E-state index contributed by atoms with van der Waals surface area (Å²) in [6.07, 6.45) is 1.46. The minimum Gasteiger partial charge on any atom is -0.396 e. The van der Waals surface area contributed by atoms with Gasteiger partial charge < -0.3 is 16.2 Å². The van der Waals surface area contributed by atoms with Crippen molar-refractivity contribution >= 4 is 5.91 Å². The fourth-order valence-electron chi connectivity index (χ4n) is 1.37. The SMILES string of the molecule is N[C@H](C(=O)NCCCCO)c1ccccc1. The Bertz CT molecular complexity index is 314. The lowest BCUT2D eigenvalue weighted by Crippen LogP contribution is -2.34. The molecule has 0 heterocycles. The summed E-state index contributed by atoms with van der Waals surface area (Å²) in [5, 5.41) is 11.3. The van der Waals surface area contributed by atoms with Crippen LogP contribution in [-0.4, -0.2) is 24.2 Å². The highest BCUT2D eigenvalue weighted by atomic mass is 16.2. The van der Waals surface area contributed by atoms with E-state index >= 15 is 0 Å². The summed E-state index contributed by atoms with van der Waals surface area (Å²) in [5.41, 5.74) is 6.60. The molecule has 0 spiro atoms. The molecule has 16 heavy (non-hydrogen) atoms. The minimum absolute atomic E-state index is 0.153. The summed E-state index contributed by atoms with van der Waals surface area (Å²) in [6, 6.07) is 8.64. The summed E-state index contributed by atoms with van der Waals surface area (Å²) in [5.74, 6) is -0.177. The fourth-order valence-corrected chi connectivity index (χ4v) is 1.37. The highest BCUT2D eigenvalue weighted by Crippen LogP contribution is 2.08. The van der Waals surface area contributed by atoms with Crippen molar-refractivity contribution in [2.45, 2.75) is 18.9 Å². The molecule has 1 atom stereocenters. The predicted octanol–water partition coefficient (Wildman–Crippen LogP) is 0.575. The number of hydrogen-bond acceptors (Lipinski definition) is 3. The summed E-state index contributed by atoms with van der Waals surface area (Å²) >= 11 is 0. The van der Waals surface area contributed by atoms with Gasteiger partial charge in [-0.05, 0) is 18.4 Å². The first kappa shape index (κ1) is 12.7. The van der Waals surface area contributed by atoms with E-state index in [2.05, 4.69) is 5.32 Å². The Balaban J connectivity index is 2.37. The normalized spacial score (nSPS) is 12.1. The molecule has 0 aliphatic rings. The van der Waals surface area contributed by atoms with Crippen LogP contribution in [0.2, 0.25) is 0 Å². The van der Waals surface area contributed by atoms with Crippen molar-refractivity contribution in [1.82, 2.24) is 5.32 Å². The predicted molar refractivity (Wildman–Crippen MR) is 62.7 cm³/mol. The van der Waals surface area contributed by atoms with Gasteiger partial charge in [0.25, 0.3) is 0 Å². The zero-order chi connectivity index (χ0) is 11.8. The van der Waals surface area contributed by atoms with E-state index in [-0.39, 0.29) is 12.5 Å². The fraction of sp³-hybridized carbons (Fsp3) is 0.417. The van der Waals surface area contributed by atoms with Gasteiger partial charge in [-0.15, -0.1) is 0 Å². The Kier molecular flexibility index (Phi) is 5.53. The molecule has 0 aliphatic heterocycles. The third-order valence-corrected chi connectivity index (χ3v) is 2.33. The lowest BCUT2D eigenvalue weighted by Gasteiger charge is -2.12. The number of aliphatic hydroxyl groups is 1. The Morgan fingerprint density at radius 1 is 1.31 bits per heavy atom. The minimum atomic E-state index is -0.615. The number of rotatable bonds is 6. The maximum atomic E-state index is 11.6. The van der Waals surface area contributed by atoms with E-state index in [0.29, 0.717) is 13.0 Å². The van der Waals surface area contributed by atoms with Gasteiger partial charge in [-0.25, -0.2) is 0 Å². The maximum absolute atomic E-state index is 11.6. The zero-order valence-electron chi connectivity index (χ0n) is 9.23. The highest BCUT2D eigenvalue weighted by Gasteiger charge is 2.13. The van der Waals surface area contributed by atoms with Gasteiger partial charge in [0.1, 0.15) is 6.04 Å². The van der Waals surface area contributed by atoms with Crippen molar-refractivity contribution in [1.29, 1.82) is 0 Å². The van der Waals surface area contributed by atoms with Gasteiger partial charge in [-0.2, -0.15) is 0 Å². The van der Waals surface area contributed by atoms with Gasteiger partial charge in [0.15, 0.2) is 0 Å². The number of amides is 1. The largest absolute Gasteiger partial charge is 0.396 e. The van der Waals surface area contributed by atoms with Crippen molar-refractivity contribution in [3.05, 3.63) is 35.9 Å². The molecular formula is C12H18N2O2. The van der Waals surface area contributed by atoms with Gasteiger partial charge in [-0.1, -0.05) is 30.3 Å². The number of aliphatic hydroxyl groups excluding tert-OH is 1. The monoisotopic (exact) mass is 222 g/mol. The Hall–Kier alpha value is -1.39. The molecule has 0 saturated heterocycles. The van der Waals surface area contributed by atoms with Crippen LogP contribution in [0.25, 0.3) is 0 Å². The summed E-state index contributed by atoms with van der Waals surface area (Å²) in [7, 11) is 0. The van der Waals surface area contributed by atoms with Crippen molar-refractivity contribution in [3.8, 4) is 0 Å². The molecule has 1 rings (SSSR count). The average Bonchev–Trinajstić information content (AvgIpc) is 2.34. The van der Waals surface area contributed by atoms with E-state index in [1.165, 1.54) is 0 Å². The first-order chi connectivity index (χ1) is 7.75. The van der Waals surface area contributed by atoms with E-state index in [1.807, 2.05) is 30.3 Å².